The van der Waals surface area contributed by atoms with E-state index in [1.165, 1.54) is 6.92 Å². The third-order valence-corrected chi connectivity index (χ3v) is 4.11. The molecule has 0 radical (unpaired) electrons. The molecule has 21 heavy (non-hydrogen) atoms. The largest absolute Gasteiger partial charge is 0.461 e. The number of aromatic nitrogens is 1. The summed E-state index contributed by atoms with van der Waals surface area (Å²) < 4.78 is 4.89. The maximum absolute atomic E-state index is 11.8. The summed E-state index contributed by atoms with van der Waals surface area (Å²) in [5, 5.41) is 6.36. The lowest BCUT2D eigenvalue weighted by Gasteiger charge is -2.09. The minimum Gasteiger partial charge on any atom is -0.461 e. The Labute approximate surface area is 126 Å². The van der Waals surface area contributed by atoms with Crippen LogP contribution in [0.3, 0.4) is 0 Å². The average Bonchev–Trinajstić information content (AvgIpc) is 3.03. The Morgan fingerprint density at radius 2 is 2.29 bits per heavy atom. The fraction of sp³-hybridized carbons (Fsp3) is 0.538. The quantitative estimate of drug-likeness (QED) is 0.605. The number of hydrogen-bond acceptors (Lipinski definition) is 7. The van der Waals surface area contributed by atoms with Crippen molar-refractivity contribution < 1.29 is 19.1 Å². The Kier molecular flexibility index (Phi) is 4.89. The summed E-state index contributed by atoms with van der Waals surface area (Å²) in [6.45, 7) is 3.82. The molecule has 7 nitrogen and oxygen atoms in total. The summed E-state index contributed by atoms with van der Waals surface area (Å²) in [6.07, 6.45) is 1.29. The van der Waals surface area contributed by atoms with Gasteiger partial charge < -0.3 is 15.4 Å². The SMILES string of the molecule is CCOC(=O)c1nc(NCC2CCC(=O)N2)sc1C(C)=O. The van der Waals surface area contributed by atoms with Gasteiger partial charge >= 0.3 is 5.97 Å². The fourth-order valence-electron chi connectivity index (χ4n) is 2.01. The van der Waals surface area contributed by atoms with Gasteiger partial charge in [0.25, 0.3) is 0 Å². The number of anilines is 1. The van der Waals surface area contributed by atoms with Crippen LogP contribution in [-0.2, 0) is 9.53 Å². The fourth-order valence-corrected chi connectivity index (χ4v) is 2.87. The second kappa shape index (κ2) is 6.66. The maximum atomic E-state index is 11.8. The number of carbonyl (C=O) groups excluding carboxylic acids is 3. The molecule has 8 heteroatoms. The van der Waals surface area contributed by atoms with E-state index in [0.29, 0.717) is 18.1 Å². The van der Waals surface area contributed by atoms with Gasteiger partial charge in [-0.3, -0.25) is 9.59 Å². The highest BCUT2D eigenvalue weighted by Gasteiger charge is 2.24. The molecule has 2 heterocycles. The Bertz CT molecular complexity index is 570. The van der Waals surface area contributed by atoms with Gasteiger partial charge in [0.15, 0.2) is 16.6 Å². The van der Waals surface area contributed by atoms with Crippen LogP contribution < -0.4 is 10.6 Å². The highest BCUT2D eigenvalue weighted by molar-refractivity contribution is 7.17. The molecular formula is C13H17N3O4S. The van der Waals surface area contributed by atoms with E-state index in [1.54, 1.807) is 6.92 Å². The molecule has 1 aromatic heterocycles. The van der Waals surface area contributed by atoms with Crippen molar-refractivity contribution in [3.05, 3.63) is 10.6 Å². The van der Waals surface area contributed by atoms with Crippen molar-refractivity contribution in [1.29, 1.82) is 0 Å². The zero-order valence-electron chi connectivity index (χ0n) is 11.9. The van der Waals surface area contributed by atoms with Crippen LogP contribution in [0.4, 0.5) is 5.13 Å². The number of nitrogens with one attached hydrogen (secondary N) is 2. The first kappa shape index (κ1) is 15.4. The van der Waals surface area contributed by atoms with Crippen LogP contribution in [0.25, 0.3) is 0 Å². The Hall–Kier alpha value is -1.96. The molecule has 1 aliphatic heterocycles. The van der Waals surface area contributed by atoms with E-state index in [4.69, 9.17) is 4.74 Å². The van der Waals surface area contributed by atoms with Gasteiger partial charge in [-0.2, -0.15) is 0 Å². The van der Waals surface area contributed by atoms with Gasteiger partial charge in [-0.15, -0.1) is 0 Å². The number of Topliss-reactive ketones (excluding diaryl/α,β-unsaturated/α-hetero) is 1. The molecule has 0 spiro atoms. The van der Waals surface area contributed by atoms with Crippen molar-refractivity contribution in [2.75, 3.05) is 18.5 Å². The standard InChI is InChI=1S/C13H17N3O4S/c1-3-20-12(19)10-11(7(2)17)21-13(16-10)14-6-8-4-5-9(18)15-8/h8H,3-6H2,1-2H3,(H,14,16)(H,15,18). The van der Waals surface area contributed by atoms with E-state index in [0.717, 1.165) is 17.8 Å². The Morgan fingerprint density at radius 3 is 2.86 bits per heavy atom. The van der Waals surface area contributed by atoms with Gasteiger partial charge in [0.1, 0.15) is 4.88 Å². The molecule has 1 amide bonds. The minimum atomic E-state index is -0.596. The monoisotopic (exact) mass is 311 g/mol. The smallest absolute Gasteiger partial charge is 0.358 e. The highest BCUT2D eigenvalue weighted by atomic mass is 32.1. The first-order valence-electron chi connectivity index (χ1n) is 6.73. The Morgan fingerprint density at radius 1 is 1.52 bits per heavy atom. The zero-order chi connectivity index (χ0) is 15.4. The van der Waals surface area contributed by atoms with Crippen LogP contribution in [0, 0.1) is 0 Å². The van der Waals surface area contributed by atoms with Crippen molar-refractivity contribution in [3.63, 3.8) is 0 Å². The van der Waals surface area contributed by atoms with Crippen molar-refractivity contribution in [3.8, 4) is 0 Å². The van der Waals surface area contributed by atoms with Gasteiger partial charge in [-0.1, -0.05) is 11.3 Å². The summed E-state index contributed by atoms with van der Waals surface area (Å²) in [5.74, 6) is -0.781. The first-order valence-corrected chi connectivity index (χ1v) is 7.55. The maximum Gasteiger partial charge on any atom is 0.358 e. The van der Waals surface area contributed by atoms with E-state index in [2.05, 4.69) is 15.6 Å². The molecule has 114 valence electrons. The molecule has 2 rings (SSSR count). The van der Waals surface area contributed by atoms with Gasteiger partial charge in [0.2, 0.25) is 5.91 Å². The predicted octanol–water partition coefficient (Wildman–Crippen LogP) is 1.21. The van der Waals surface area contributed by atoms with Crippen LogP contribution >= 0.6 is 11.3 Å². The predicted molar refractivity (Wildman–Crippen MR) is 77.7 cm³/mol. The summed E-state index contributed by atoms with van der Waals surface area (Å²) in [6, 6.07) is 0.0493. The number of rotatable bonds is 6. The number of carbonyl (C=O) groups is 3. The molecule has 1 unspecified atom stereocenters. The van der Waals surface area contributed by atoms with Gasteiger partial charge in [0, 0.05) is 25.9 Å². The minimum absolute atomic E-state index is 0.0394. The van der Waals surface area contributed by atoms with Crippen LogP contribution in [0.1, 0.15) is 46.8 Å². The van der Waals surface area contributed by atoms with E-state index < -0.39 is 5.97 Å². The van der Waals surface area contributed by atoms with E-state index in [9.17, 15) is 14.4 Å². The van der Waals surface area contributed by atoms with E-state index in [-0.39, 0.29) is 34.9 Å². The lowest BCUT2D eigenvalue weighted by atomic mass is 10.2. The number of ketones is 1. The van der Waals surface area contributed by atoms with Gasteiger partial charge in [0.05, 0.1) is 6.61 Å². The van der Waals surface area contributed by atoms with Crippen molar-refractivity contribution in [2.24, 2.45) is 0 Å². The number of thiazole rings is 1. The number of hydrogen-bond donors (Lipinski definition) is 2. The third-order valence-electron chi connectivity index (χ3n) is 3.00. The molecule has 1 atom stereocenters. The van der Waals surface area contributed by atoms with E-state index in [1.807, 2.05) is 0 Å². The lowest BCUT2D eigenvalue weighted by molar-refractivity contribution is -0.119. The molecule has 0 saturated carbocycles. The normalized spacial score (nSPS) is 17.4. The van der Waals surface area contributed by atoms with Crippen LogP contribution in [-0.4, -0.2) is 41.8 Å². The second-order valence-corrected chi connectivity index (χ2v) is 5.66. The van der Waals surface area contributed by atoms with Crippen LogP contribution in [0.5, 0.6) is 0 Å². The molecular weight excluding hydrogens is 294 g/mol. The molecule has 1 saturated heterocycles. The molecule has 1 fully saturated rings. The number of amides is 1. The summed E-state index contributed by atoms with van der Waals surface area (Å²) in [5.41, 5.74) is 0.0484. The van der Waals surface area contributed by atoms with Crippen LogP contribution in [0.2, 0.25) is 0 Å². The van der Waals surface area contributed by atoms with Crippen molar-refractivity contribution in [2.45, 2.75) is 32.7 Å². The summed E-state index contributed by atoms with van der Waals surface area (Å²) in [7, 11) is 0. The molecule has 0 aromatic carbocycles. The van der Waals surface area contributed by atoms with Gasteiger partial charge in [-0.25, -0.2) is 9.78 Å². The zero-order valence-corrected chi connectivity index (χ0v) is 12.7. The molecule has 0 bridgehead atoms. The summed E-state index contributed by atoms with van der Waals surface area (Å²) >= 11 is 1.12. The molecule has 2 N–H and O–H groups in total. The van der Waals surface area contributed by atoms with E-state index >= 15 is 0 Å². The van der Waals surface area contributed by atoms with Crippen LogP contribution in [0.15, 0.2) is 0 Å². The number of nitrogens with zero attached hydrogens (tertiary/aromatic N) is 1. The number of ether oxygens (including phenoxy) is 1. The Balaban J connectivity index is 2.06. The first-order chi connectivity index (χ1) is 10.0. The van der Waals surface area contributed by atoms with Crippen molar-refractivity contribution >= 4 is 34.1 Å². The third kappa shape index (κ3) is 3.78. The topological polar surface area (TPSA) is 97.4 Å². The van der Waals surface area contributed by atoms with Gasteiger partial charge in [-0.05, 0) is 13.3 Å². The highest BCUT2D eigenvalue weighted by Crippen LogP contribution is 2.24. The molecule has 1 aromatic rings. The summed E-state index contributed by atoms with van der Waals surface area (Å²) in [4.78, 5) is 38.9. The average molecular weight is 311 g/mol. The molecule has 1 aliphatic rings. The lowest BCUT2D eigenvalue weighted by Crippen LogP contribution is -2.31. The molecule has 0 aliphatic carbocycles. The second-order valence-electron chi connectivity index (χ2n) is 4.66. The van der Waals surface area contributed by atoms with Crippen molar-refractivity contribution in [1.82, 2.24) is 10.3 Å². The number of esters is 1.